The van der Waals surface area contributed by atoms with Gasteiger partial charge in [0.15, 0.2) is 4.75 Å². The van der Waals surface area contributed by atoms with Crippen molar-refractivity contribution in [1.29, 1.82) is 0 Å². The van der Waals surface area contributed by atoms with E-state index in [2.05, 4.69) is 0 Å². The summed E-state index contributed by atoms with van der Waals surface area (Å²) in [7, 11) is 0. The molecule has 0 aromatic heterocycles. The van der Waals surface area contributed by atoms with E-state index in [1.165, 1.54) is 0 Å². The molecule has 0 aliphatic rings. The van der Waals surface area contributed by atoms with Gasteiger partial charge in [-0.25, -0.2) is 0 Å². The quantitative estimate of drug-likeness (QED) is 0.707. The van der Waals surface area contributed by atoms with E-state index in [4.69, 9.17) is 5.14 Å². The van der Waals surface area contributed by atoms with Gasteiger partial charge in [0, 0.05) is 16.9 Å². The molecule has 1 rings (SSSR count). The van der Waals surface area contributed by atoms with Crippen molar-refractivity contribution in [3.8, 4) is 0 Å². The summed E-state index contributed by atoms with van der Waals surface area (Å²) >= 11 is -1.33. The molecule has 1 aromatic rings. The van der Waals surface area contributed by atoms with Crippen LogP contribution in [0.25, 0.3) is 0 Å². The fourth-order valence-electron chi connectivity index (χ4n) is 0.956. The summed E-state index contributed by atoms with van der Waals surface area (Å²) in [5, 5.41) is 5.37. The van der Waals surface area contributed by atoms with Crippen LogP contribution in [0.4, 0.5) is 0 Å². The standard InChI is InChI=1S/C9H13NOS/c1-9(2,12(10)11)8-6-4-3-5-7-8/h3-7H,10H2,1-2H3. The molecule has 0 aliphatic carbocycles. The lowest BCUT2D eigenvalue weighted by atomic mass is 10.0. The fraction of sp³-hybridized carbons (Fsp3) is 0.333. The van der Waals surface area contributed by atoms with Gasteiger partial charge in [-0.1, -0.05) is 30.3 Å². The average Bonchev–Trinajstić information content (AvgIpc) is 2.06. The molecular formula is C9H13NOS. The van der Waals surface area contributed by atoms with Crippen LogP contribution >= 0.6 is 0 Å². The minimum atomic E-state index is -1.33. The Hall–Kier alpha value is -0.510. The van der Waals surface area contributed by atoms with Gasteiger partial charge in [0.25, 0.3) is 0 Å². The number of hydrogen-bond acceptors (Lipinski definition) is 2. The molecule has 0 heterocycles. The molecule has 0 spiro atoms. The van der Waals surface area contributed by atoms with Gasteiger partial charge in [-0.3, -0.25) is 0 Å². The summed E-state index contributed by atoms with van der Waals surface area (Å²) in [5.41, 5.74) is 1.01. The van der Waals surface area contributed by atoms with Crippen molar-refractivity contribution in [2.24, 2.45) is 5.14 Å². The predicted octanol–water partition coefficient (Wildman–Crippen LogP) is 1.54. The van der Waals surface area contributed by atoms with E-state index in [1.807, 2.05) is 44.2 Å². The maximum atomic E-state index is 11.2. The molecule has 0 amide bonds. The van der Waals surface area contributed by atoms with Gasteiger partial charge < -0.3 is 4.55 Å². The summed E-state index contributed by atoms with van der Waals surface area (Å²) < 4.78 is 10.7. The Kier molecular flexibility index (Phi) is 2.77. The van der Waals surface area contributed by atoms with Crippen LogP contribution in [0, 0.1) is 0 Å². The van der Waals surface area contributed by atoms with Gasteiger partial charge in [-0.2, -0.15) is 5.14 Å². The lowest BCUT2D eigenvalue weighted by Gasteiger charge is -2.24. The van der Waals surface area contributed by atoms with Crippen molar-refractivity contribution in [3.63, 3.8) is 0 Å². The minimum absolute atomic E-state index is 0.457. The van der Waals surface area contributed by atoms with Crippen molar-refractivity contribution >= 4 is 11.4 Å². The second-order valence-corrected chi connectivity index (χ2v) is 4.79. The Labute approximate surface area is 76.1 Å². The molecule has 2 nitrogen and oxygen atoms in total. The molecule has 1 unspecified atom stereocenters. The zero-order valence-corrected chi connectivity index (χ0v) is 8.10. The molecule has 1 aromatic carbocycles. The third kappa shape index (κ3) is 1.80. The number of hydrogen-bond donors (Lipinski definition) is 1. The van der Waals surface area contributed by atoms with Crippen LogP contribution in [0.2, 0.25) is 0 Å². The van der Waals surface area contributed by atoms with E-state index < -0.39 is 16.1 Å². The fourth-order valence-corrected chi connectivity index (χ4v) is 1.32. The van der Waals surface area contributed by atoms with Crippen LogP contribution in [0.15, 0.2) is 30.3 Å². The van der Waals surface area contributed by atoms with Crippen molar-refractivity contribution in [2.75, 3.05) is 0 Å². The van der Waals surface area contributed by atoms with Gasteiger partial charge in [-0.15, -0.1) is 0 Å². The van der Waals surface area contributed by atoms with E-state index in [0.717, 1.165) is 5.56 Å². The number of benzene rings is 1. The molecule has 0 bridgehead atoms. The largest absolute Gasteiger partial charge is 0.598 e. The van der Waals surface area contributed by atoms with E-state index in [9.17, 15) is 4.55 Å². The molecule has 0 aliphatic heterocycles. The molecule has 66 valence electrons. The number of rotatable bonds is 2. The molecule has 12 heavy (non-hydrogen) atoms. The van der Waals surface area contributed by atoms with Crippen LogP contribution in [-0.2, 0) is 16.1 Å². The maximum Gasteiger partial charge on any atom is 0.164 e. The van der Waals surface area contributed by atoms with E-state index in [0.29, 0.717) is 0 Å². The maximum absolute atomic E-state index is 11.2. The summed E-state index contributed by atoms with van der Waals surface area (Å²) in [5.74, 6) is 0. The Morgan fingerprint density at radius 1 is 1.25 bits per heavy atom. The lowest BCUT2D eigenvalue weighted by molar-refractivity contribution is 0.556. The van der Waals surface area contributed by atoms with Gasteiger partial charge >= 0.3 is 0 Å². The average molecular weight is 183 g/mol. The van der Waals surface area contributed by atoms with Crippen LogP contribution in [0.5, 0.6) is 0 Å². The summed E-state index contributed by atoms with van der Waals surface area (Å²) in [6.45, 7) is 3.75. The Morgan fingerprint density at radius 3 is 2.17 bits per heavy atom. The predicted molar refractivity (Wildman–Crippen MR) is 51.8 cm³/mol. The highest BCUT2D eigenvalue weighted by Gasteiger charge is 2.31. The first-order chi connectivity index (χ1) is 5.55. The Bertz CT molecular complexity index is 246. The van der Waals surface area contributed by atoms with Gasteiger partial charge in [-0.05, 0) is 13.8 Å². The summed E-state index contributed by atoms with van der Waals surface area (Å²) in [6, 6.07) is 9.64. The highest BCUT2D eigenvalue weighted by atomic mass is 32.2. The lowest BCUT2D eigenvalue weighted by Crippen LogP contribution is -2.35. The Morgan fingerprint density at radius 2 is 1.75 bits per heavy atom. The highest BCUT2D eigenvalue weighted by molar-refractivity contribution is 7.90. The van der Waals surface area contributed by atoms with Crippen LogP contribution in [0.1, 0.15) is 19.4 Å². The number of nitrogens with two attached hydrogens (primary N) is 1. The normalized spacial score (nSPS) is 14.3. The molecule has 0 fully saturated rings. The Balaban J connectivity index is 2.98. The first-order valence-electron chi connectivity index (χ1n) is 3.77. The van der Waals surface area contributed by atoms with Crippen LogP contribution < -0.4 is 5.14 Å². The molecule has 0 saturated carbocycles. The van der Waals surface area contributed by atoms with Gasteiger partial charge in [0.1, 0.15) is 0 Å². The zero-order valence-electron chi connectivity index (χ0n) is 7.28. The molecule has 2 N–H and O–H groups in total. The van der Waals surface area contributed by atoms with Crippen LogP contribution in [0.3, 0.4) is 0 Å². The second kappa shape index (κ2) is 3.47. The second-order valence-electron chi connectivity index (χ2n) is 3.17. The highest BCUT2D eigenvalue weighted by Crippen LogP contribution is 2.26. The van der Waals surface area contributed by atoms with Gasteiger partial charge in [0.2, 0.25) is 0 Å². The SMILES string of the molecule is CC(C)(c1ccccc1)[S+](N)[O-]. The molecule has 1 atom stereocenters. The molecule has 3 heteroatoms. The molecule has 0 radical (unpaired) electrons. The smallest absolute Gasteiger partial charge is 0.164 e. The summed E-state index contributed by atoms with van der Waals surface area (Å²) in [4.78, 5) is 0. The molecule has 0 saturated heterocycles. The topological polar surface area (TPSA) is 49.1 Å². The van der Waals surface area contributed by atoms with Crippen molar-refractivity contribution < 1.29 is 4.55 Å². The van der Waals surface area contributed by atoms with Crippen molar-refractivity contribution in [3.05, 3.63) is 35.9 Å². The molecular weight excluding hydrogens is 170 g/mol. The van der Waals surface area contributed by atoms with E-state index in [-0.39, 0.29) is 0 Å². The first-order valence-corrected chi connectivity index (χ1v) is 4.98. The minimum Gasteiger partial charge on any atom is -0.598 e. The first kappa shape index (κ1) is 9.58. The van der Waals surface area contributed by atoms with E-state index >= 15 is 0 Å². The van der Waals surface area contributed by atoms with Crippen molar-refractivity contribution in [1.82, 2.24) is 0 Å². The third-order valence-corrected chi connectivity index (χ3v) is 3.21. The monoisotopic (exact) mass is 183 g/mol. The summed E-state index contributed by atoms with van der Waals surface area (Å²) in [6.07, 6.45) is 0. The third-order valence-electron chi connectivity index (χ3n) is 1.97. The van der Waals surface area contributed by atoms with Crippen LogP contribution in [-0.4, -0.2) is 4.55 Å². The van der Waals surface area contributed by atoms with E-state index in [1.54, 1.807) is 0 Å². The zero-order chi connectivity index (χ0) is 9.19. The van der Waals surface area contributed by atoms with Crippen molar-refractivity contribution in [2.45, 2.75) is 18.6 Å². The van der Waals surface area contributed by atoms with Gasteiger partial charge in [0.05, 0.1) is 0 Å².